The van der Waals surface area contributed by atoms with Gasteiger partial charge in [0.1, 0.15) is 0 Å². The van der Waals surface area contributed by atoms with Crippen LogP contribution in [0.2, 0.25) is 0 Å². The molecular formula is C21H28N2O4. The predicted molar refractivity (Wildman–Crippen MR) is 106 cm³/mol. The van der Waals surface area contributed by atoms with E-state index in [0.29, 0.717) is 11.5 Å². The summed E-state index contributed by atoms with van der Waals surface area (Å²) in [6.45, 7) is 4.27. The molecule has 2 aromatic carbocycles. The molecule has 0 aliphatic rings. The Morgan fingerprint density at radius 3 is 2.52 bits per heavy atom. The van der Waals surface area contributed by atoms with Crippen molar-refractivity contribution >= 4 is 11.6 Å². The monoisotopic (exact) mass is 372 g/mol. The van der Waals surface area contributed by atoms with Crippen LogP contribution in [-0.4, -0.2) is 39.9 Å². The van der Waals surface area contributed by atoms with E-state index in [9.17, 15) is 4.79 Å². The van der Waals surface area contributed by atoms with E-state index >= 15 is 0 Å². The molecule has 0 atom stereocenters. The molecule has 27 heavy (non-hydrogen) atoms. The first-order valence-corrected chi connectivity index (χ1v) is 8.98. The maximum Gasteiger partial charge on any atom is 0.262 e. The fourth-order valence-electron chi connectivity index (χ4n) is 2.49. The smallest absolute Gasteiger partial charge is 0.262 e. The lowest BCUT2D eigenvalue weighted by Crippen LogP contribution is -2.20. The Hall–Kier alpha value is -2.57. The number of hydrogen-bond donors (Lipinski definition) is 2. The first-order chi connectivity index (χ1) is 13.1. The normalized spacial score (nSPS) is 10.5. The van der Waals surface area contributed by atoms with Crippen molar-refractivity contribution in [1.82, 2.24) is 5.32 Å². The Kier molecular flexibility index (Phi) is 8.61. The van der Waals surface area contributed by atoms with Gasteiger partial charge in [-0.25, -0.2) is 0 Å². The number of methoxy groups -OCH3 is 2. The summed E-state index contributed by atoms with van der Waals surface area (Å²) in [4.78, 5) is 12.1. The fourth-order valence-corrected chi connectivity index (χ4v) is 2.49. The van der Waals surface area contributed by atoms with Gasteiger partial charge in [0.05, 0.1) is 7.11 Å². The second kappa shape index (κ2) is 11.2. The van der Waals surface area contributed by atoms with Crippen LogP contribution >= 0.6 is 0 Å². The van der Waals surface area contributed by atoms with Gasteiger partial charge < -0.3 is 24.8 Å². The summed E-state index contributed by atoms with van der Waals surface area (Å²) in [5.74, 6) is 0.929. The molecule has 0 aliphatic heterocycles. The quantitative estimate of drug-likeness (QED) is 0.593. The number of anilines is 1. The second-order valence-corrected chi connectivity index (χ2v) is 6.21. The summed E-state index contributed by atoms with van der Waals surface area (Å²) in [5, 5.41) is 6.16. The van der Waals surface area contributed by atoms with Crippen molar-refractivity contribution in [2.24, 2.45) is 0 Å². The summed E-state index contributed by atoms with van der Waals surface area (Å²) < 4.78 is 16.0. The Balaban J connectivity index is 1.84. The van der Waals surface area contributed by atoms with E-state index in [4.69, 9.17) is 14.2 Å². The minimum Gasteiger partial charge on any atom is -0.493 e. The number of hydrogen-bond acceptors (Lipinski definition) is 5. The van der Waals surface area contributed by atoms with Gasteiger partial charge in [0.25, 0.3) is 5.91 Å². The second-order valence-electron chi connectivity index (χ2n) is 6.21. The maximum absolute atomic E-state index is 12.1. The number of nitrogens with one attached hydrogen (secondary N) is 2. The standard InChI is InChI=1S/C21H28N2O4/c1-16-5-8-18(9-6-16)23-21(24)15-27-19-10-7-17(13-20(19)26-3)14-22-11-4-12-25-2/h5-10,13,22H,4,11-12,14-15H2,1-3H3,(H,23,24). The highest BCUT2D eigenvalue weighted by molar-refractivity contribution is 5.91. The van der Waals surface area contributed by atoms with E-state index in [-0.39, 0.29) is 12.5 Å². The lowest BCUT2D eigenvalue weighted by atomic mass is 10.2. The van der Waals surface area contributed by atoms with E-state index in [1.54, 1.807) is 14.2 Å². The number of aryl methyl sites for hydroxylation is 1. The topological polar surface area (TPSA) is 68.8 Å². The van der Waals surface area contributed by atoms with E-state index in [0.717, 1.165) is 42.9 Å². The Morgan fingerprint density at radius 1 is 1.04 bits per heavy atom. The fraction of sp³-hybridized carbons (Fsp3) is 0.381. The van der Waals surface area contributed by atoms with Crippen LogP contribution in [0.25, 0.3) is 0 Å². The number of carbonyl (C=O) groups excluding carboxylic acids is 1. The predicted octanol–water partition coefficient (Wildman–Crippen LogP) is 3.15. The first-order valence-electron chi connectivity index (χ1n) is 8.98. The first kappa shape index (κ1) is 20.7. The molecule has 0 aliphatic carbocycles. The van der Waals surface area contributed by atoms with Crippen molar-refractivity contribution in [3.05, 3.63) is 53.6 Å². The Morgan fingerprint density at radius 2 is 1.81 bits per heavy atom. The summed E-state index contributed by atoms with van der Waals surface area (Å²) in [7, 11) is 3.29. The molecule has 0 spiro atoms. The van der Waals surface area contributed by atoms with E-state index in [1.165, 1.54) is 0 Å². The van der Waals surface area contributed by atoms with Crippen molar-refractivity contribution in [2.45, 2.75) is 19.9 Å². The van der Waals surface area contributed by atoms with Crippen molar-refractivity contribution < 1.29 is 19.0 Å². The zero-order valence-corrected chi connectivity index (χ0v) is 16.2. The number of ether oxygens (including phenoxy) is 3. The SMILES string of the molecule is COCCCNCc1ccc(OCC(=O)Nc2ccc(C)cc2)c(OC)c1. The largest absolute Gasteiger partial charge is 0.493 e. The van der Waals surface area contributed by atoms with Crippen LogP contribution in [0.4, 0.5) is 5.69 Å². The number of rotatable bonds is 11. The Bertz CT molecular complexity index is 717. The van der Waals surface area contributed by atoms with E-state index in [2.05, 4.69) is 10.6 Å². The third kappa shape index (κ3) is 7.29. The molecule has 2 rings (SSSR count). The molecule has 146 valence electrons. The summed E-state index contributed by atoms with van der Waals surface area (Å²) in [5.41, 5.74) is 2.97. The molecular weight excluding hydrogens is 344 g/mol. The summed E-state index contributed by atoms with van der Waals surface area (Å²) >= 11 is 0. The van der Waals surface area contributed by atoms with Gasteiger partial charge in [0, 0.05) is 25.9 Å². The van der Waals surface area contributed by atoms with Crippen molar-refractivity contribution in [1.29, 1.82) is 0 Å². The van der Waals surface area contributed by atoms with Gasteiger partial charge in [-0.1, -0.05) is 23.8 Å². The molecule has 0 saturated carbocycles. The van der Waals surface area contributed by atoms with Crippen LogP contribution < -0.4 is 20.1 Å². The van der Waals surface area contributed by atoms with Gasteiger partial charge in [-0.3, -0.25) is 4.79 Å². The van der Waals surface area contributed by atoms with E-state index in [1.807, 2.05) is 49.4 Å². The zero-order valence-electron chi connectivity index (χ0n) is 16.2. The van der Waals surface area contributed by atoms with Crippen LogP contribution in [0.15, 0.2) is 42.5 Å². The van der Waals surface area contributed by atoms with Crippen LogP contribution in [-0.2, 0) is 16.1 Å². The molecule has 0 unspecified atom stereocenters. The van der Waals surface area contributed by atoms with Gasteiger partial charge >= 0.3 is 0 Å². The highest BCUT2D eigenvalue weighted by Gasteiger charge is 2.09. The number of amides is 1. The lowest BCUT2D eigenvalue weighted by Gasteiger charge is -2.13. The van der Waals surface area contributed by atoms with Gasteiger partial charge in [-0.05, 0) is 49.7 Å². The molecule has 6 heteroatoms. The lowest BCUT2D eigenvalue weighted by molar-refractivity contribution is -0.118. The van der Waals surface area contributed by atoms with Crippen molar-refractivity contribution in [2.75, 3.05) is 39.3 Å². The summed E-state index contributed by atoms with van der Waals surface area (Å²) in [6, 6.07) is 13.3. The van der Waals surface area contributed by atoms with E-state index < -0.39 is 0 Å². The van der Waals surface area contributed by atoms with Crippen LogP contribution in [0, 0.1) is 6.92 Å². The molecule has 1 amide bonds. The van der Waals surface area contributed by atoms with Gasteiger partial charge in [0.15, 0.2) is 18.1 Å². The molecule has 2 aromatic rings. The number of carbonyl (C=O) groups is 1. The molecule has 6 nitrogen and oxygen atoms in total. The maximum atomic E-state index is 12.1. The minimum absolute atomic E-state index is 0.0845. The van der Waals surface area contributed by atoms with Gasteiger partial charge in [-0.2, -0.15) is 0 Å². The van der Waals surface area contributed by atoms with Crippen LogP contribution in [0.3, 0.4) is 0 Å². The third-order valence-electron chi connectivity index (χ3n) is 3.95. The molecule has 0 fully saturated rings. The Labute approximate surface area is 160 Å². The third-order valence-corrected chi connectivity index (χ3v) is 3.95. The van der Waals surface area contributed by atoms with Crippen LogP contribution in [0.1, 0.15) is 17.5 Å². The van der Waals surface area contributed by atoms with Gasteiger partial charge in [-0.15, -0.1) is 0 Å². The zero-order chi connectivity index (χ0) is 19.5. The van der Waals surface area contributed by atoms with Gasteiger partial charge in [0.2, 0.25) is 0 Å². The molecule has 2 N–H and O–H groups in total. The van der Waals surface area contributed by atoms with Crippen LogP contribution in [0.5, 0.6) is 11.5 Å². The molecule has 0 saturated heterocycles. The average molecular weight is 372 g/mol. The average Bonchev–Trinajstić information content (AvgIpc) is 2.68. The van der Waals surface area contributed by atoms with Crippen molar-refractivity contribution in [3.63, 3.8) is 0 Å². The highest BCUT2D eigenvalue weighted by Crippen LogP contribution is 2.28. The molecule has 0 bridgehead atoms. The minimum atomic E-state index is -0.218. The molecule has 0 aromatic heterocycles. The summed E-state index contributed by atoms with van der Waals surface area (Å²) in [6.07, 6.45) is 0.963. The molecule has 0 heterocycles. The highest BCUT2D eigenvalue weighted by atomic mass is 16.5. The number of benzene rings is 2. The van der Waals surface area contributed by atoms with Crippen molar-refractivity contribution in [3.8, 4) is 11.5 Å². The molecule has 0 radical (unpaired) electrons.